The molecule has 0 radical (unpaired) electrons. The maximum Gasteiger partial charge on any atom is 0.320 e. The number of likely N-dealkylation sites (tertiary alicyclic amines) is 1. The molecule has 0 aliphatic carbocycles. The summed E-state index contributed by atoms with van der Waals surface area (Å²) in [5, 5.41) is 10.9. The number of piperidine rings is 1. The summed E-state index contributed by atoms with van der Waals surface area (Å²) in [4.78, 5) is 27.9. The Morgan fingerprint density at radius 3 is 2.95 bits per heavy atom. The minimum absolute atomic E-state index is 0.0403. The van der Waals surface area contributed by atoms with Crippen LogP contribution >= 0.6 is 11.3 Å². The third-order valence-corrected chi connectivity index (χ3v) is 4.44. The minimum Gasteiger partial charge on any atom is -0.481 e. The predicted molar refractivity (Wildman–Crippen MR) is 77.8 cm³/mol. The first-order valence-corrected chi connectivity index (χ1v) is 7.72. The van der Waals surface area contributed by atoms with Crippen molar-refractivity contribution in [3.8, 4) is 0 Å². The number of hydrogen-bond donors (Lipinski definition) is 1. The molecule has 0 bridgehead atoms. The molecule has 110 valence electrons. The molecule has 1 N–H and O–H groups in total. The molecule has 2 amide bonds. The lowest BCUT2D eigenvalue weighted by Gasteiger charge is -2.37. The number of aliphatic carboxylic acids is 1. The van der Waals surface area contributed by atoms with Crippen molar-refractivity contribution < 1.29 is 14.7 Å². The minimum atomic E-state index is -0.837. The lowest BCUT2D eigenvalue weighted by molar-refractivity contribution is -0.138. The molecule has 0 spiro atoms. The number of carboxylic acid groups (broad SMARTS) is 1. The quantitative estimate of drug-likeness (QED) is 0.929. The second-order valence-electron chi connectivity index (χ2n) is 5.16. The van der Waals surface area contributed by atoms with E-state index in [1.54, 1.807) is 28.2 Å². The molecule has 20 heavy (non-hydrogen) atoms. The van der Waals surface area contributed by atoms with E-state index in [1.165, 1.54) is 0 Å². The average molecular weight is 296 g/mol. The molecule has 6 heteroatoms. The Morgan fingerprint density at radius 1 is 1.50 bits per heavy atom. The zero-order valence-corrected chi connectivity index (χ0v) is 12.4. The van der Waals surface area contributed by atoms with Crippen LogP contribution in [0.25, 0.3) is 0 Å². The summed E-state index contributed by atoms with van der Waals surface area (Å²) in [6, 6.07) is 3.73. The van der Waals surface area contributed by atoms with Gasteiger partial charge >= 0.3 is 12.0 Å². The molecule has 5 nitrogen and oxygen atoms in total. The van der Waals surface area contributed by atoms with Crippen molar-refractivity contribution in [1.82, 2.24) is 9.80 Å². The standard InChI is InChI=1S/C14H20N2O3S/c1-15(10-12-6-4-8-20-12)14(19)16-7-3-2-5-11(16)9-13(17)18/h4,6,8,11H,2-3,5,7,9-10H2,1H3,(H,17,18). The topological polar surface area (TPSA) is 60.9 Å². The molecule has 1 aromatic rings. The second kappa shape index (κ2) is 6.74. The van der Waals surface area contributed by atoms with E-state index in [2.05, 4.69) is 0 Å². The summed E-state index contributed by atoms with van der Waals surface area (Å²) >= 11 is 1.62. The van der Waals surface area contributed by atoms with Gasteiger partial charge in [0, 0.05) is 24.5 Å². The Hall–Kier alpha value is -1.56. The number of thiophene rings is 1. The fourth-order valence-corrected chi connectivity index (χ4v) is 3.35. The van der Waals surface area contributed by atoms with Crippen LogP contribution in [0.1, 0.15) is 30.6 Å². The first-order chi connectivity index (χ1) is 9.58. The Bertz CT molecular complexity index is 461. The Balaban J connectivity index is 1.99. The molecule has 1 aliphatic heterocycles. The number of carboxylic acids is 1. The Kier molecular flexibility index (Phi) is 5.00. The van der Waals surface area contributed by atoms with Crippen LogP contribution < -0.4 is 0 Å². The van der Waals surface area contributed by atoms with Gasteiger partial charge in [-0.25, -0.2) is 4.79 Å². The van der Waals surface area contributed by atoms with Crippen molar-refractivity contribution in [2.75, 3.05) is 13.6 Å². The van der Waals surface area contributed by atoms with Crippen molar-refractivity contribution in [1.29, 1.82) is 0 Å². The van der Waals surface area contributed by atoms with Crippen LogP contribution in [0.5, 0.6) is 0 Å². The number of rotatable bonds is 4. The molecule has 1 unspecified atom stereocenters. The molecule has 1 saturated heterocycles. The van der Waals surface area contributed by atoms with E-state index < -0.39 is 5.97 Å². The van der Waals surface area contributed by atoms with E-state index in [1.807, 2.05) is 17.5 Å². The molecule has 1 aromatic heterocycles. The van der Waals surface area contributed by atoms with E-state index in [0.717, 1.165) is 24.1 Å². The first-order valence-electron chi connectivity index (χ1n) is 6.84. The van der Waals surface area contributed by atoms with Crippen LogP contribution in [0.15, 0.2) is 17.5 Å². The van der Waals surface area contributed by atoms with Gasteiger partial charge in [0.2, 0.25) is 0 Å². The average Bonchev–Trinajstić information content (AvgIpc) is 2.90. The SMILES string of the molecule is CN(Cc1cccs1)C(=O)N1CCCCC1CC(=O)O. The molecular formula is C14H20N2O3S. The van der Waals surface area contributed by atoms with E-state index in [4.69, 9.17) is 5.11 Å². The highest BCUT2D eigenvalue weighted by molar-refractivity contribution is 7.09. The van der Waals surface area contributed by atoms with Gasteiger partial charge in [0.25, 0.3) is 0 Å². The van der Waals surface area contributed by atoms with Crippen molar-refractivity contribution >= 4 is 23.3 Å². The van der Waals surface area contributed by atoms with Crippen molar-refractivity contribution in [2.45, 2.75) is 38.3 Å². The highest BCUT2D eigenvalue weighted by Crippen LogP contribution is 2.22. The zero-order valence-electron chi connectivity index (χ0n) is 11.6. The monoisotopic (exact) mass is 296 g/mol. The Morgan fingerprint density at radius 2 is 2.30 bits per heavy atom. The van der Waals surface area contributed by atoms with Gasteiger partial charge in [0.15, 0.2) is 0 Å². The fraction of sp³-hybridized carbons (Fsp3) is 0.571. The normalized spacial score (nSPS) is 18.9. The summed E-state index contributed by atoms with van der Waals surface area (Å²) in [7, 11) is 1.77. The predicted octanol–water partition coefficient (Wildman–Crippen LogP) is 2.63. The first kappa shape index (κ1) is 14.8. The third-order valence-electron chi connectivity index (χ3n) is 3.58. The van der Waals surface area contributed by atoms with E-state index >= 15 is 0 Å². The number of hydrogen-bond acceptors (Lipinski definition) is 3. The number of urea groups is 1. The molecule has 2 rings (SSSR count). The smallest absolute Gasteiger partial charge is 0.320 e. The maximum absolute atomic E-state index is 12.5. The largest absolute Gasteiger partial charge is 0.481 e. The summed E-state index contributed by atoms with van der Waals surface area (Å²) < 4.78 is 0. The lowest BCUT2D eigenvalue weighted by atomic mass is 10.00. The van der Waals surface area contributed by atoms with Gasteiger partial charge in [-0.1, -0.05) is 6.07 Å². The van der Waals surface area contributed by atoms with Crippen LogP contribution in [-0.4, -0.2) is 46.5 Å². The molecule has 1 fully saturated rings. The molecule has 0 aromatic carbocycles. The van der Waals surface area contributed by atoms with Gasteiger partial charge in [-0.15, -0.1) is 11.3 Å². The van der Waals surface area contributed by atoms with Crippen molar-refractivity contribution in [2.24, 2.45) is 0 Å². The fourth-order valence-electron chi connectivity index (χ4n) is 2.59. The number of carbonyl (C=O) groups is 2. The van der Waals surface area contributed by atoms with Crippen LogP contribution in [0.4, 0.5) is 4.79 Å². The highest BCUT2D eigenvalue weighted by Gasteiger charge is 2.30. The summed E-state index contributed by atoms with van der Waals surface area (Å²) in [6.45, 7) is 1.23. The van der Waals surface area contributed by atoms with Crippen molar-refractivity contribution in [3.05, 3.63) is 22.4 Å². The van der Waals surface area contributed by atoms with Crippen LogP contribution in [0.2, 0.25) is 0 Å². The maximum atomic E-state index is 12.5. The third kappa shape index (κ3) is 3.72. The lowest BCUT2D eigenvalue weighted by Crippen LogP contribution is -2.49. The van der Waals surface area contributed by atoms with Gasteiger partial charge < -0.3 is 14.9 Å². The van der Waals surface area contributed by atoms with Crippen LogP contribution in [0.3, 0.4) is 0 Å². The number of carbonyl (C=O) groups excluding carboxylic acids is 1. The van der Waals surface area contributed by atoms with Gasteiger partial charge in [-0.3, -0.25) is 4.79 Å². The zero-order chi connectivity index (χ0) is 14.5. The summed E-state index contributed by atoms with van der Waals surface area (Å²) in [5.74, 6) is -0.837. The van der Waals surface area contributed by atoms with Crippen LogP contribution in [0, 0.1) is 0 Å². The number of amides is 2. The molecule has 1 atom stereocenters. The van der Waals surface area contributed by atoms with Crippen molar-refractivity contribution in [3.63, 3.8) is 0 Å². The Labute approximate surface area is 122 Å². The number of nitrogens with zero attached hydrogens (tertiary/aromatic N) is 2. The van der Waals surface area contributed by atoms with Gasteiger partial charge in [0.1, 0.15) is 0 Å². The van der Waals surface area contributed by atoms with E-state index in [-0.39, 0.29) is 18.5 Å². The molecule has 1 aliphatic rings. The highest BCUT2D eigenvalue weighted by atomic mass is 32.1. The van der Waals surface area contributed by atoms with Gasteiger partial charge in [-0.05, 0) is 30.7 Å². The summed E-state index contributed by atoms with van der Waals surface area (Å²) in [5.41, 5.74) is 0. The van der Waals surface area contributed by atoms with Crippen LogP contribution in [-0.2, 0) is 11.3 Å². The van der Waals surface area contributed by atoms with Gasteiger partial charge in [-0.2, -0.15) is 0 Å². The second-order valence-corrected chi connectivity index (χ2v) is 6.19. The summed E-state index contributed by atoms with van der Waals surface area (Å²) in [6.07, 6.45) is 2.77. The molecule has 0 saturated carbocycles. The van der Waals surface area contributed by atoms with Gasteiger partial charge in [0.05, 0.1) is 13.0 Å². The van der Waals surface area contributed by atoms with E-state index in [9.17, 15) is 9.59 Å². The molecule has 2 heterocycles. The molecular weight excluding hydrogens is 276 g/mol. The van der Waals surface area contributed by atoms with E-state index in [0.29, 0.717) is 13.1 Å².